The predicted molar refractivity (Wildman–Crippen MR) is 89.5 cm³/mol. The van der Waals surface area contributed by atoms with Gasteiger partial charge >= 0.3 is 0 Å². The molecule has 0 unspecified atom stereocenters. The first kappa shape index (κ1) is 16.0. The summed E-state index contributed by atoms with van der Waals surface area (Å²) in [6.45, 7) is 6.40. The van der Waals surface area contributed by atoms with Gasteiger partial charge in [-0.1, -0.05) is 41.9 Å². The molecule has 20 heavy (non-hydrogen) atoms. The van der Waals surface area contributed by atoms with Crippen molar-refractivity contribution in [2.75, 3.05) is 7.05 Å². The van der Waals surface area contributed by atoms with E-state index in [2.05, 4.69) is 59.9 Å². The van der Waals surface area contributed by atoms with E-state index in [1.54, 1.807) is 0 Å². The number of nitrogens with zero attached hydrogens (tertiary/aromatic N) is 1. The molecule has 3 heteroatoms. The van der Waals surface area contributed by atoms with Crippen molar-refractivity contribution in [2.45, 2.75) is 58.7 Å². The molecule has 1 fully saturated rings. The monoisotopic (exact) mass is 338 g/mol. The molecular formula is C17H27BrN2. The van der Waals surface area contributed by atoms with E-state index in [1.807, 2.05) is 0 Å². The molecule has 2 nitrogen and oxygen atoms in total. The van der Waals surface area contributed by atoms with Crippen LogP contribution < -0.4 is 5.73 Å². The quantitative estimate of drug-likeness (QED) is 0.886. The van der Waals surface area contributed by atoms with Gasteiger partial charge in [0, 0.05) is 23.6 Å². The molecule has 0 amide bonds. The minimum Gasteiger partial charge on any atom is -0.326 e. The molecule has 1 saturated carbocycles. The summed E-state index contributed by atoms with van der Waals surface area (Å²) in [4.78, 5) is 2.51. The Balaban J connectivity index is 1.96. The second kappa shape index (κ2) is 6.59. The van der Waals surface area contributed by atoms with Gasteiger partial charge in [-0.05, 0) is 55.3 Å². The van der Waals surface area contributed by atoms with E-state index >= 15 is 0 Å². The van der Waals surface area contributed by atoms with Crippen molar-refractivity contribution in [3.8, 4) is 0 Å². The van der Waals surface area contributed by atoms with Gasteiger partial charge in [0.2, 0.25) is 0 Å². The average Bonchev–Trinajstić information content (AvgIpc) is 2.40. The Hall–Kier alpha value is -0.380. The fraction of sp³-hybridized carbons (Fsp3) is 0.647. The summed E-state index contributed by atoms with van der Waals surface area (Å²) >= 11 is 3.68. The van der Waals surface area contributed by atoms with Gasteiger partial charge in [-0.3, -0.25) is 4.90 Å². The highest BCUT2D eigenvalue weighted by Gasteiger charge is 2.28. The average molecular weight is 339 g/mol. The van der Waals surface area contributed by atoms with Crippen LogP contribution in [0.2, 0.25) is 0 Å². The zero-order valence-electron chi connectivity index (χ0n) is 13.0. The van der Waals surface area contributed by atoms with Crippen LogP contribution in [-0.4, -0.2) is 18.0 Å². The SMILES string of the molecule is CN(Cc1ccc(CN)cc1Br)C1CCC(C)(C)CC1. The molecule has 0 atom stereocenters. The molecule has 0 aromatic heterocycles. The zero-order chi connectivity index (χ0) is 14.8. The molecule has 2 rings (SSSR count). The fourth-order valence-electron chi connectivity index (χ4n) is 3.07. The van der Waals surface area contributed by atoms with Gasteiger partial charge in [-0.2, -0.15) is 0 Å². The van der Waals surface area contributed by atoms with Crippen LogP contribution >= 0.6 is 15.9 Å². The molecule has 1 aromatic rings. The van der Waals surface area contributed by atoms with Gasteiger partial charge in [0.25, 0.3) is 0 Å². The van der Waals surface area contributed by atoms with Crippen LogP contribution in [-0.2, 0) is 13.1 Å². The minimum atomic E-state index is 0.542. The maximum Gasteiger partial charge on any atom is 0.0244 e. The van der Waals surface area contributed by atoms with E-state index in [-0.39, 0.29) is 0 Å². The lowest BCUT2D eigenvalue weighted by atomic mass is 9.75. The van der Waals surface area contributed by atoms with Gasteiger partial charge in [0.15, 0.2) is 0 Å². The van der Waals surface area contributed by atoms with Crippen LogP contribution in [0.5, 0.6) is 0 Å². The van der Waals surface area contributed by atoms with E-state index in [4.69, 9.17) is 5.73 Å². The normalized spacial score (nSPS) is 19.5. The topological polar surface area (TPSA) is 29.3 Å². The van der Waals surface area contributed by atoms with Gasteiger partial charge in [-0.25, -0.2) is 0 Å². The first-order valence-electron chi connectivity index (χ1n) is 7.59. The van der Waals surface area contributed by atoms with Crippen LogP contribution in [0.15, 0.2) is 22.7 Å². The molecule has 0 saturated heterocycles. The van der Waals surface area contributed by atoms with Gasteiger partial charge in [0.1, 0.15) is 0 Å². The first-order valence-corrected chi connectivity index (χ1v) is 8.38. The van der Waals surface area contributed by atoms with Crippen molar-refractivity contribution in [2.24, 2.45) is 11.1 Å². The fourth-order valence-corrected chi connectivity index (χ4v) is 3.62. The van der Waals surface area contributed by atoms with E-state index in [9.17, 15) is 0 Å². The van der Waals surface area contributed by atoms with Crippen molar-refractivity contribution in [1.82, 2.24) is 4.90 Å². The first-order chi connectivity index (χ1) is 9.41. The van der Waals surface area contributed by atoms with Crippen LogP contribution in [0.25, 0.3) is 0 Å². The van der Waals surface area contributed by atoms with E-state index < -0.39 is 0 Å². The number of rotatable bonds is 4. The molecule has 0 spiro atoms. The number of hydrogen-bond donors (Lipinski definition) is 1. The summed E-state index contributed by atoms with van der Waals surface area (Å²) in [7, 11) is 2.26. The molecule has 0 heterocycles. The number of nitrogens with two attached hydrogens (primary N) is 1. The van der Waals surface area contributed by atoms with Crippen LogP contribution in [0, 0.1) is 5.41 Å². The van der Waals surface area contributed by atoms with E-state index in [1.165, 1.54) is 41.3 Å². The molecule has 1 aromatic carbocycles. The van der Waals surface area contributed by atoms with Gasteiger partial charge in [0.05, 0.1) is 0 Å². The summed E-state index contributed by atoms with van der Waals surface area (Å²) in [5.74, 6) is 0. The Bertz CT molecular complexity index is 446. The largest absolute Gasteiger partial charge is 0.326 e. The zero-order valence-corrected chi connectivity index (χ0v) is 14.5. The number of hydrogen-bond acceptors (Lipinski definition) is 2. The second-order valence-corrected chi connectivity index (χ2v) is 7.79. The molecule has 1 aliphatic carbocycles. The summed E-state index contributed by atoms with van der Waals surface area (Å²) in [6.07, 6.45) is 5.33. The van der Waals surface area contributed by atoms with Crippen molar-refractivity contribution in [1.29, 1.82) is 0 Å². The molecule has 0 radical (unpaired) electrons. The Morgan fingerprint density at radius 3 is 2.50 bits per heavy atom. The lowest BCUT2D eigenvalue weighted by Gasteiger charge is -2.38. The lowest BCUT2D eigenvalue weighted by Crippen LogP contribution is -2.36. The van der Waals surface area contributed by atoms with Gasteiger partial charge < -0.3 is 5.73 Å². The van der Waals surface area contributed by atoms with Crippen LogP contribution in [0.3, 0.4) is 0 Å². The third-order valence-corrected chi connectivity index (χ3v) is 5.44. The Morgan fingerprint density at radius 1 is 1.30 bits per heavy atom. The third kappa shape index (κ3) is 4.06. The molecule has 0 aliphatic heterocycles. The van der Waals surface area contributed by atoms with Crippen molar-refractivity contribution in [3.63, 3.8) is 0 Å². The highest BCUT2D eigenvalue weighted by Crippen LogP contribution is 2.37. The smallest absolute Gasteiger partial charge is 0.0244 e. The molecular weight excluding hydrogens is 312 g/mol. The lowest BCUT2D eigenvalue weighted by molar-refractivity contribution is 0.123. The van der Waals surface area contributed by atoms with Crippen LogP contribution in [0.1, 0.15) is 50.7 Å². The maximum atomic E-state index is 5.68. The Morgan fingerprint density at radius 2 is 1.95 bits per heavy atom. The minimum absolute atomic E-state index is 0.542. The van der Waals surface area contributed by atoms with Gasteiger partial charge in [-0.15, -0.1) is 0 Å². The highest BCUT2D eigenvalue weighted by molar-refractivity contribution is 9.10. The Labute approximate surface area is 131 Å². The third-order valence-electron chi connectivity index (χ3n) is 4.70. The van der Waals surface area contributed by atoms with Crippen molar-refractivity contribution in [3.05, 3.63) is 33.8 Å². The van der Waals surface area contributed by atoms with Crippen molar-refractivity contribution < 1.29 is 0 Å². The standard InChI is InChI=1S/C17H27BrN2/c1-17(2)8-6-15(7-9-17)20(3)12-14-5-4-13(11-19)10-16(14)18/h4-5,10,15H,6-9,11-12,19H2,1-3H3. The highest BCUT2D eigenvalue weighted by atomic mass is 79.9. The predicted octanol–water partition coefficient (Wildman–Crippen LogP) is 4.31. The number of benzene rings is 1. The maximum absolute atomic E-state index is 5.68. The molecule has 0 bridgehead atoms. The van der Waals surface area contributed by atoms with Crippen molar-refractivity contribution >= 4 is 15.9 Å². The van der Waals surface area contributed by atoms with E-state index in [0.717, 1.165) is 12.6 Å². The second-order valence-electron chi connectivity index (χ2n) is 6.94. The summed E-state index contributed by atoms with van der Waals surface area (Å²) < 4.78 is 1.18. The number of halogens is 1. The molecule has 1 aliphatic rings. The Kier molecular flexibility index (Phi) is 5.27. The summed E-state index contributed by atoms with van der Waals surface area (Å²) in [5.41, 5.74) is 8.76. The molecule has 112 valence electrons. The summed E-state index contributed by atoms with van der Waals surface area (Å²) in [6, 6.07) is 7.21. The summed E-state index contributed by atoms with van der Waals surface area (Å²) in [5, 5.41) is 0. The molecule has 2 N–H and O–H groups in total. The van der Waals surface area contributed by atoms with Crippen LogP contribution in [0.4, 0.5) is 0 Å². The van der Waals surface area contributed by atoms with E-state index in [0.29, 0.717) is 12.0 Å².